The van der Waals surface area contributed by atoms with E-state index in [-0.39, 0.29) is 25.4 Å². The number of nitrogens with one attached hydrogen (secondary N) is 1. The lowest BCUT2D eigenvalue weighted by atomic mass is 9.93. The summed E-state index contributed by atoms with van der Waals surface area (Å²) in [4.78, 5) is 23.2. The predicted molar refractivity (Wildman–Crippen MR) is 81.1 cm³/mol. The molecule has 5 nitrogen and oxygen atoms in total. The highest BCUT2D eigenvalue weighted by molar-refractivity contribution is 9.10. The minimum Gasteiger partial charge on any atom is -0.481 e. The SMILES string of the molecule is Cc1cc(Br)ccc1CC(=O)NC1(CC(=O)O)CCOC1. The molecule has 0 saturated carbocycles. The van der Waals surface area contributed by atoms with Gasteiger partial charge in [0.2, 0.25) is 5.91 Å². The van der Waals surface area contributed by atoms with Crippen molar-refractivity contribution in [3.63, 3.8) is 0 Å². The molecule has 0 bridgehead atoms. The van der Waals surface area contributed by atoms with Crippen LogP contribution in [0, 0.1) is 6.92 Å². The molecule has 0 spiro atoms. The average molecular weight is 356 g/mol. The Morgan fingerprint density at radius 2 is 2.24 bits per heavy atom. The fourth-order valence-corrected chi connectivity index (χ4v) is 3.03. The van der Waals surface area contributed by atoms with Crippen LogP contribution in [0.4, 0.5) is 0 Å². The van der Waals surface area contributed by atoms with Gasteiger partial charge in [0.1, 0.15) is 0 Å². The number of halogens is 1. The van der Waals surface area contributed by atoms with E-state index in [4.69, 9.17) is 9.84 Å². The zero-order chi connectivity index (χ0) is 15.5. The van der Waals surface area contributed by atoms with Crippen molar-refractivity contribution in [2.75, 3.05) is 13.2 Å². The zero-order valence-corrected chi connectivity index (χ0v) is 13.4. The molecule has 0 aliphatic carbocycles. The van der Waals surface area contributed by atoms with Crippen molar-refractivity contribution < 1.29 is 19.4 Å². The summed E-state index contributed by atoms with van der Waals surface area (Å²) in [6.45, 7) is 2.67. The van der Waals surface area contributed by atoms with Gasteiger partial charge in [0, 0.05) is 11.1 Å². The van der Waals surface area contributed by atoms with Gasteiger partial charge in [0.05, 0.1) is 25.0 Å². The molecule has 2 rings (SSSR count). The molecule has 1 aromatic carbocycles. The Hall–Kier alpha value is -1.40. The molecule has 0 aromatic heterocycles. The summed E-state index contributed by atoms with van der Waals surface area (Å²) >= 11 is 3.39. The number of benzene rings is 1. The van der Waals surface area contributed by atoms with E-state index in [0.717, 1.165) is 15.6 Å². The Balaban J connectivity index is 2.04. The largest absolute Gasteiger partial charge is 0.481 e. The number of amides is 1. The lowest BCUT2D eigenvalue weighted by Gasteiger charge is -2.27. The van der Waals surface area contributed by atoms with Crippen LogP contribution < -0.4 is 5.32 Å². The van der Waals surface area contributed by atoms with Gasteiger partial charge >= 0.3 is 5.97 Å². The number of aliphatic carboxylic acids is 1. The zero-order valence-electron chi connectivity index (χ0n) is 11.8. The fourth-order valence-electron chi connectivity index (χ4n) is 2.55. The molecule has 2 N–H and O–H groups in total. The van der Waals surface area contributed by atoms with Crippen LogP contribution in [0.5, 0.6) is 0 Å². The Kier molecular flexibility index (Phi) is 5.00. The quantitative estimate of drug-likeness (QED) is 0.847. The molecule has 0 radical (unpaired) electrons. The first-order valence-corrected chi connectivity index (χ1v) is 7.55. The van der Waals surface area contributed by atoms with Gasteiger partial charge in [-0.15, -0.1) is 0 Å². The number of hydrogen-bond donors (Lipinski definition) is 2. The summed E-state index contributed by atoms with van der Waals surface area (Å²) in [6.07, 6.45) is 0.656. The van der Waals surface area contributed by atoms with Crippen LogP contribution in [-0.2, 0) is 20.7 Å². The van der Waals surface area contributed by atoms with Crippen molar-refractivity contribution in [3.8, 4) is 0 Å². The summed E-state index contributed by atoms with van der Waals surface area (Å²) in [6, 6.07) is 5.74. The van der Waals surface area contributed by atoms with Crippen LogP contribution in [-0.4, -0.2) is 35.7 Å². The normalized spacial score (nSPS) is 21.2. The fraction of sp³-hybridized carbons (Fsp3) is 0.467. The highest BCUT2D eigenvalue weighted by Gasteiger charge is 2.38. The van der Waals surface area contributed by atoms with E-state index in [1.54, 1.807) is 0 Å². The van der Waals surface area contributed by atoms with Crippen LogP contribution >= 0.6 is 15.9 Å². The maximum absolute atomic E-state index is 12.2. The second kappa shape index (κ2) is 6.58. The van der Waals surface area contributed by atoms with Gasteiger partial charge in [-0.2, -0.15) is 0 Å². The van der Waals surface area contributed by atoms with Crippen molar-refractivity contribution in [1.82, 2.24) is 5.32 Å². The Morgan fingerprint density at radius 3 is 2.81 bits per heavy atom. The highest BCUT2D eigenvalue weighted by Crippen LogP contribution is 2.23. The van der Waals surface area contributed by atoms with Gasteiger partial charge in [-0.3, -0.25) is 9.59 Å². The molecule has 1 heterocycles. The highest BCUT2D eigenvalue weighted by atomic mass is 79.9. The van der Waals surface area contributed by atoms with E-state index in [1.165, 1.54) is 0 Å². The third-order valence-electron chi connectivity index (χ3n) is 3.65. The van der Waals surface area contributed by atoms with Crippen LogP contribution in [0.15, 0.2) is 22.7 Å². The summed E-state index contributed by atoms with van der Waals surface area (Å²) < 4.78 is 6.24. The molecule has 1 saturated heterocycles. The van der Waals surface area contributed by atoms with Crippen molar-refractivity contribution in [2.45, 2.75) is 31.7 Å². The maximum Gasteiger partial charge on any atom is 0.305 e. The van der Waals surface area contributed by atoms with Crippen molar-refractivity contribution in [2.24, 2.45) is 0 Å². The van der Waals surface area contributed by atoms with Crippen LogP contribution in [0.3, 0.4) is 0 Å². The molecule has 1 atom stereocenters. The van der Waals surface area contributed by atoms with Gasteiger partial charge in [-0.05, 0) is 36.6 Å². The predicted octanol–water partition coefficient (Wildman–Crippen LogP) is 2.05. The minimum absolute atomic E-state index is 0.113. The van der Waals surface area contributed by atoms with Gasteiger partial charge in [-0.25, -0.2) is 0 Å². The number of carbonyl (C=O) groups is 2. The summed E-state index contributed by atoms with van der Waals surface area (Å²) in [5.41, 5.74) is 1.18. The molecule has 1 unspecified atom stereocenters. The van der Waals surface area contributed by atoms with Gasteiger partial charge in [-0.1, -0.05) is 22.0 Å². The molecule has 114 valence electrons. The summed E-state index contributed by atoms with van der Waals surface area (Å²) in [5.74, 6) is -1.10. The molecule has 21 heavy (non-hydrogen) atoms. The number of rotatable bonds is 5. The van der Waals surface area contributed by atoms with E-state index >= 15 is 0 Å². The van der Waals surface area contributed by atoms with Crippen LogP contribution in [0.2, 0.25) is 0 Å². The topological polar surface area (TPSA) is 75.6 Å². The van der Waals surface area contributed by atoms with Gasteiger partial charge in [0.25, 0.3) is 0 Å². The Labute approximate surface area is 131 Å². The standard InChI is InChI=1S/C15H18BrNO4/c1-10-6-12(16)3-2-11(10)7-13(18)17-15(8-14(19)20)4-5-21-9-15/h2-3,6H,4-5,7-9H2,1H3,(H,17,18)(H,19,20). The molecule has 1 aromatic rings. The van der Waals surface area contributed by atoms with E-state index < -0.39 is 11.5 Å². The van der Waals surface area contributed by atoms with E-state index in [2.05, 4.69) is 21.2 Å². The average Bonchev–Trinajstić information content (AvgIpc) is 2.80. The van der Waals surface area contributed by atoms with Gasteiger partial charge < -0.3 is 15.2 Å². The first-order valence-electron chi connectivity index (χ1n) is 6.76. The van der Waals surface area contributed by atoms with E-state index in [9.17, 15) is 9.59 Å². The van der Waals surface area contributed by atoms with E-state index in [0.29, 0.717) is 13.0 Å². The molecule has 6 heteroatoms. The molecule has 1 aliphatic rings. The summed E-state index contributed by atoms with van der Waals surface area (Å²) in [5, 5.41) is 11.9. The molecule has 1 amide bonds. The van der Waals surface area contributed by atoms with Crippen LogP contribution in [0.1, 0.15) is 24.0 Å². The third-order valence-corrected chi connectivity index (χ3v) is 4.15. The molecular weight excluding hydrogens is 338 g/mol. The monoisotopic (exact) mass is 355 g/mol. The second-order valence-corrected chi connectivity index (χ2v) is 6.36. The molecule has 1 aliphatic heterocycles. The van der Waals surface area contributed by atoms with E-state index in [1.807, 2.05) is 25.1 Å². The third kappa shape index (κ3) is 4.28. The van der Waals surface area contributed by atoms with Crippen molar-refractivity contribution in [3.05, 3.63) is 33.8 Å². The maximum atomic E-state index is 12.2. The number of carboxylic acid groups (broad SMARTS) is 1. The van der Waals surface area contributed by atoms with Crippen LogP contribution in [0.25, 0.3) is 0 Å². The lowest BCUT2D eigenvalue weighted by molar-refractivity contribution is -0.139. The summed E-state index contributed by atoms with van der Waals surface area (Å²) in [7, 11) is 0. The first-order chi connectivity index (χ1) is 9.90. The van der Waals surface area contributed by atoms with Crippen molar-refractivity contribution in [1.29, 1.82) is 0 Å². The van der Waals surface area contributed by atoms with Gasteiger partial charge in [0.15, 0.2) is 0 Å². The van der Waals surface area contributed by atoms with Crippen molar-refractivity contribution >= 4 is 27.8 Å². The lowest BCUT2D eigenvalue weighted by Crippen LogP contribution is -2.51. The number of carboxylic acids is 1. The number of ether oxygens (including phenoxy) is 1. The Morgan fingerprint density at radius 1 is 1.48 bits per heavy atom. The Bertz CT molecular complexity index is 553. The second-order valence-electron chi connectivity index (χ2n) is 5.45. The smallest absolute Gasteiger partial charge is 0.305 e. The number of aryl methyl sites for hydroxylation is 1. The molecule has 1 fully saturated rings. The molecular formula is C15H18BrNO4. The first kappa shape index (κ1) is 16.0. The minimum atomic E-state index is -0.930. The number of carbonyl (C=O) groups excluding carboxylic acids is 1. The number of hydrogen-bond acceptors (Lipinski definition) is 3.